The highest BCUT2D eigenvalue weighted by molar-refractivity contribution is 5.67. The van der Waals surface area contributed by atoms with E-state index in [1.165, 1.54) is 18.4 Å². The highest BCUT2D eigenvalue weighted by Crippen LogP contribution is 2.26. The Morgan fingerprint density at radius 2 is 2.24 bits per heavy atom. The lowest BCUT2D eigenvalue weighted by atomic mass is 9.84. The lowest BCUT2D eigenvalue weighted by Crippen LogP contribution is -2.38. The molecule has 0 aromatic heterocycles. The third-order valence-electron chi connectivity index (χ3n) is 3.60. The Balaban J connectivity index is 2.42. The van der Waals surface area contributed by atoms with E-state index in [-0.39, 0.29) is 0 Å². The average Bonchev–Trinajstić information content (AvgIpc) is 2.26. The normalized spacial score (nSPS) is 23.1. The van der Waals surface area contributed by atoms with Gasteiger partial charge in [-0.05, 0) is 45.1 Å². The molecule has 1 saturated heterocycles. The fraction of sp³-hybridized carbons (Fsp3) is 0.786. The lowest BCUT2D eigenvalue weighted by Gasteiger charge is -2.35. The first-order valence-electron chi connectivity index (χ1n) is 6.56. The number of aliphatic carboxylic acids is 1. The van der Waals surface area contributed by atoms with Gasteiger partial charge in [0, 0.05) is 19.5 Å². The van der Waals surface area contributed by atoms with Gasteiger partial charge in [0.15, 0.2) is 0 Å². The number of likely N-dealkylation sites (tertiary alicyclic amines) is 1. The van der Waals surface area contributed by atoms with Crippen LogP contribution in [0.15, 0.2) is 11.6 Å². The molecule has 0 radical (unpaired) electrons. The largest absolute Gasteiger partial charge is 0.481 e. The second kappa shape index (κ2) is 6.80. The van der Waals surface area contributed by atoms with Gasteiger partial charge < -0.3 is 5.11 Å². The van der Waals surface area contributed by atoms with Crippen molar-refractivity contribution in [1.29, 1.82) is 0 Å². The van der Waals surface area contributed by atoms with Gasteiger partial charge in [-0.25, -0.2) is 0 Å². The minimum absolute atomic E-state index is 0.294. The molecule has 1 N–H and O–H groups in total. The predicted octanol–water partition coefficient (Wildman–Crippen LogP) is 2.78. The molecule has 2 atom stereocenters. The number of hydrogen-bond donors (Lipinski definition) is 1. The van der Waals surface area contributed by atoms with E-state index >= 15 is 0 Å². The Labute approximate surface area is 105 Å². The van der Waals surface area contributed by atoms with Gasteiger partial charge in [-0.1, -0.05) is 18.6 Å². The number of piperidine rings is 1. The molecule has 0 amide bonds. The zero-order valence-electron chi connectivity index (χ0n) is 11.3. The van der Waals surface area contributed by atoms with E-state index in [1.807, 2.05) is 0 Å². The monoisotopic (exact) mass is 239 g/mol. The summed E-state index contributed by atoms with van der Waals surface area (Å²) in [4.78, 5) is 13.2. The highest BCUT2D eigenvalue weighted by atomic mass is 16.4. The molecule has 3 nitrogen and oxygen atoms in total. The Morgan fingerprint density at radius 1 is 1.53 bits per heavy atom. The molecule has 1 heterocycles. The van der Waals surface area contributed by atoms with Crippen LogP contribution in [0.5, 0.6) is 0 Å². The predicted molar refractivity (Wildman–Crippen MR) is 70.0 cm³/mol. The Kier molecular flexibility index (Phi) is 5.69. The minimum Gasteiger partial charge on any atom is -0.481 e. The molecule has 98 valence electrons. The molecule has 0 saturated carbocycles. The van der Waals surface area contributed by atoms with Crippen LogP contribution < -0.4 is 0 Å². The third-order valence-corrected chi connectivity index (χ3v) is 3.60. The van der Waals surface area contributed by atoms with Crippen LogP contribution in [-0.2, 0) is 4.79 Å². The van der Waals surface area contributed by atoms with E-state index in [1.54, 1.807) is 0 Å². The summed E-state index contributed by atoms with van der Waals surface area (Å²) in [6.07, 6.45) is 4.94. The van der Waals surface area contributed by atoms with Crippen LogP contribution in [0, 0.1) is 11.8 Å². The zero-order chi connectivity index (χ0) is 12.8. The average molecular weight is 239 g/mol. The maximum atomic E-state index is 10.7. The molecule has 0 aromatic carbocycles. The van der Waals surface area contributed by atoms with E-state index in [0.717, 1.165) is 19.6 Å². The molecule has 17 heavy (non-hydrogen) atoms. The number of carboxylic acids is 1. The SMILES string of the molecule is CC(C)=CCN1CCCC(C(C)CC(=O)O)C1. The molecular formula is C14H25NO2. The lowest BCUT2D eigenvalue weighted by molar-refractivity contribution is -0.138. The zero-order valence-corrected chi connectivity index (χ0v) is 11.3. The summed E-state index contributed by atoms with van der Waals surface area (Å²) in [5.74, 6) is 0.173. The van der Waals surface area contributed by atoms with Crippen molar-refractivity contribution in [1.82, 2.24) is 4.90 Å². The molecule has 1 rings (SSSR count). The van der Waals surface area contributed by atoms with Gasteiger partial charge in [-0.15, -0.1) is 0 Å². The molecule has 0 bridgehead atoms. The summed E-state index contributed by atoms with van der Waals surface area (Å²) in [5.41, 5.74) is 1.35. The molecular weight excluding hydrogens is 214 g/mol. The van der Waals surface area contributed by atoms with Crippen molar-refractivity contribution < 1.29 is 9.90 Å². The van der Waals surface area contributed by atoms with Crippen molar-refractivity contribution in [2.24, 2.45) is 11.8 Å². The van der Waals surface area contributed by atoms with Crippen molar-refractivity contribution in [3.63, 3.8) is 0 Å². The van der Waals surface area contributed by atoms with Crippen LogP contribution in [0.2, 0.25) is 0 Å². The van der Waals surface area contributed by atoms with Crippen LogP contribution in [0.25, 0.3) is 0 Å². The van der Waals surface area contributed by atoms with E-state index in [2.05, 4.69) is 31.7 Å². The summed E-state index contributed by atoms with van der Waals surface area (Å²) < 4.78 is 0. The summed E-state index contributed by atoms with van der Waals surface area (Å²) in [6, 6.07) is 0. The topological polar surface area (TPSA) is 40.5 Å². The van der Waals surface area contributed by atoms with Crippen molar-refractivity contribution in [3.05, 3.63) is 11.6 Å². The Morgan fingerprint density at radius 3 is 2.82 bits per heavy atom. The first-order chi connectivity index (χ1) is 7.99. The summed E-state index contributed by atoms with van der Waals surface area (Å²) in [5, 5.41) is 8.83. The maximum absolute atomic E-state index is 10.7. The molecule has 1 fully saturated rings. The van der Waals surface area contributed by atoms with E-state index in [0.29, 0.717) is 18.3 Å². The summed E-state index contributed by atoms with van der Waals surface area (Å²) >= 11 is 0. The second-order valence-corrected chi connectivity index (χ2v) is 5.52. The van der Waals surface area contributed by atoms with Crippen molar-refractivity contribution in [2.45, 2.75) is 40.0 Å². The standard InChI is InChI=1S/C14H25NO2/c1-11(2)6-8-15-7-4-5-13(10-15)12(3)9-14(16)17/h6,12-13H,4-5,7-10H2,1-3H3,(H,16,17). The van der Waals surface area contributed by atoms with Crippen molar-refractivity contribution in [3.8, 4) is 0 Å². The van der Waals surface area contributed by atoms with Crippen LogP contribution >= 0.6 is 0 Å². The molecule has 0 aliphatic carbocycles. The molecule has 2 unspecified atom stereocenters. The van der Waals surface area contributed by atoms with Crippen LogP contribution in [-0.4, -0.2) is 35.6 Å². The van der Waals surface area contributed by atoms with Gasteiger partial charge in [0.1, 0.15) is 0 Å². The number of carboxylic acid groups (broad SMARTS) is 1. The molecule has 0 spiro atoms. The number of carbonyl (C=O) groups is 1. The van der Waals surface area contributed by atoms with Crippen molar-refractivity contribution in [2.75, 3.05) is 19.6 Å². The third kappa shape index (κ3) is 5.35. The Bertz CT molecular complexity index is 282. The minimum atomic E-state index is -0.668. The second-order valence-electron chi connectivity index (χ2n) is 5.52. The van der Waals surface area contributed by atoms with Crippen LogP contribution in [0.4, 0.5) is 0 Å². The van der Waals surface area contributed by atoms with Gasteiger partial charge in [0.05, 0.1) is 0 Å². The van der Waals surface area contributed by atoms with Gasteiger partial charge in [-0.2, -0.15) is 0 Å². The van der Waals surface area contributed by atoms with E-state index < -0.39 is 5.97 Å². The van der Waals surface area contributed by atoms with Gasteiger partial charge >= 0.3 is 5.97 Å². The number of allylic oxidation sites excluding steroid dienone is 1. The van der Waals surface area contributed by atoms with Crippen LogP contribution in [0.3, 0.4) is 0 Å². The Hall–Kier alpha value is -0.830. The first kappa shape index (κ1) is 14.2. The van der Waals surface area contributed by atoms with Gasteiger partial charge in [-0.3, -0.25) is 9.69 Å². The summed E-state index contributed by atoms with van der Waals surface area (Å²) in [6.45, 7) is 9.53. The maximum Gasteiger partial charge on any atom is 0.303 e. The van der Waals surface area contributed by atoms with Gasteiger partial charge in [0.25, 0.3) is 0 Å². The summed E-state index contributed by atoms with van der Waals surface area (Å²) in [7, 11) is 0. The molecule has 1 aliphatic rings. The number of rotatable bonds is 5. The quantitative estimate of drug-likeness (QED) is 0.750. The fourth-order valence-electron chi connectivity index (χ4n) is 2.48. The highest BCUT2D eigenvalue weighted by Gasteiger charge is 2.25. The first-order valence-corrected chi connectivity index (χ1v) is 6.56. The number of hydrogen-bond acceptors (Lipinski definition) is 2. The van der Waals surface area contributed by atoms with Crippen molar-refractivity contribution >= 4 is 5.97 Å². The smallest absolute Gasteiger partial charge is 0.303 e. The van der Waals surface area contributed by atoms with Crippen LogP contribution in [0.1, 0.15) is 40.0 Å². The van der Waals surface area contributed by atoms with E-state index in [4.69, 9.17) is 5.11 Å². The van der Waals surface area contributed by atoms with E-state index in [9.17, 15) is 4.79 Å². The molecule has 3 heteroatoms. The fourth-order valence-corrected chi connectivity index (χ4v) is 2.48. The molecule has 1 aliphatic heterocycles. The van der Waals surface area contributed by atoms with Gasteiger partial charge in [0.2, 0.25) is 0 Å². The number of nitrogens with zero attached hydrogens (tertiary/aromatic N) is 1. The molecule has 0 aromatic rings.